The van der Waals surface area contributed by atoms with Crippen molar-refractivity contribution >= 4 is 17.6 Å². The lowest BCUT2D eigenvalue weighted by Gasteiger charge is -2.40. The minimum atomic E-state index is -1.28. The lowest BCUT2D eigenvalue weighted by atomic mass is 9.84. The Hall–Kier alpha value is -3.78. The van der Waals surface area contributed by atoms with Crippen LogP contribution in [0.4, 0.5) is 5.69 Å². The number of aliphatic hydroxyl groups is 1. The number of benzene rings is 2. The monoisotopic (exact) mass is 521 g/mol. The molecule has 0 spiro atoms. The molecule has 2 aliphatic heterocycles. The normalized spacial score (nSPS) is 20.6. The number of aliphatic hydroxyl groups excluding tert-OH is 1. The summed E-state index contributed by atoms with van der Waals surface area (Å²) in [5, 5.41) is 41.1. The summed E-state index contributed by atoms with van der Waals surface area (Å²) in [6.45, 7) is 8.12. The van der Waals surface area contributed by atoms with E-state index in [1.54, 1.807) is 0 Å². The topological polar surface area (TPSA) is 128 Å². The van der Waals surface area contributed by atoms with Crippen LogP contribution in [0.1, 0.15) is 85.2 Å². The van der Waals surface area contributed by atoms with Gasteiger partial charge >= 0.3 is 5.97 Å². The van der Waals surface area contributed by atoms with E-state index in [0.29, 0.717) is 29.7 Å². The Morgan fingerprint density at radius 3 is 2.55 bits per heavy atom. The molecule has 0 aliphatic carbocycles. The van der Waals surface area contributed by atoms with Crippen LogP contribution in [-0.2, 0) is 13.0 Å². The minimum Gasteiger partial charge on any atom is -0.508 e. The zero-order chi connectivity index (χ0) is 27.8. The van der Waals surface area contributed by atoms with Gasteiger partial charge in [-0.15, -0.1) is 0 Å². The number of carboxylic acids is 1. The van der Waals surface area contributed by atoms with Gasteiger partial charge < -0.3 is 30.1 Å². The standard InChI is InChI=1S/C30H35NO7/c1-17(2)7-5-8-18(3)9-6-12-30(4)26(34)15-22-25(33)14-20-23(27(22)38-30)16-31(28(20)35)24-11-10-19(32)13-21(24)29(36)37/h7,9-11,13-14,26,32-34H,5-6,8,12,15-16H2,1-4H3,(H,36,37). The number of carbonyl (C=O) groups excluding carboxylic acids is 1. The van der Waals surface area contributed by atoms with Crippen LogP contribution >= 0.6 is 0 Å². The van der Waals surface area contributed by atoms with Gasteiger partial charge in [-0.2, -0.15) is 0 Å². The van der Waals surface area contributed by atoms with Gasteiger partial charge in [0.2, 0.25) is 0 Å². The zero-order valence-corrected chi connectivity index (χ0v) is 22.2. The van der Waals surface area contributed by atoms with Crippen molar-refractivity contribution in [3.63, 3.8) is 0 Å². The van der Waals surface area contributed by atoms with Gasteiger partial charge in [0.05, 0.1) is 29.5 Å². The first-order valence-corrected chi connectivity index (χ1v) is 12.8. The largest absolute Gasteiger partial charge is 0.508 e. The highest BCUT2D eigenvalue weighted by molar-refractivity contribution is 6.13. The molecule has 2 aromatic carbocycles. The number of aromatic carboxylic acids is 1. The SMILES string of the molecule is CC(C)=CCCC(C)=CCCC1(C)Oc2c(c(O)cc3c2CN(c2ccc(O)cc2C(=O)O)C3=O)CC1O. The number of rotatable bonds is 8. The molecule has 2 heterocycles. The number of amides is 1. The maximum absolute atomic E-state index is 13.3. The second-order valence-corrected chi connectivity index (χ2v) is 10.7. The Kier molecular flexibility index (Phi) is 7.56. The van der Waals surface area contributed by atoms with Gasteiger partial charge in [0.15, 0.2) is 0 Å². The Bertz CT molecular complexity index is 1340. The molecule has 4 N–H and O–H groups in total. The fourth-order valence-electron chi connectivity index (χ4n) is 5.12. The van der Waals surface area contributed by atoms with E-state index in [1.807, 2.05) is 6.92 Å². The van der Waals surface area contributed by atoms with Crippen LogP contribution in [0, 0.1) is 0 Å². The number of fused-ring (bicyclic) bond motifs is 3. The molecule has 0 fully saturated rings. The van der Waals surface area contributed by atoms with Crippen LogP contribution in [0.3, 0.4) is 0 Å². The molecule has 8 nitrogen and oxygen atoms in total. The summed E-state index contributed by atoms with van der Waals surface area (Å²) in [6.07, 6.45) is 6.86. The van der Waals surface area contributed by atoms with E-state index < -0.39 is 23.6 Å². The van der Waals surface area contributed by atoms with Gasteiger partial charge in [0.1, 0.15) is 22.8 Å². The molecular formula is C30H35NO7. The fraction of sp³-hybridized carbons (Fsp3) is 0.400. The number of nitrogens with zero attached hydrogens (tertiary/aromatic N) is 1. The molecule has 2 unspecified atom stereocenters. The first-order chi connectivity index (χ1) is 17.9. The molecule has 0 radical (unpaired) electrons. The quantitative estimate of drug-likeness (QED) is 0.339. The summed E-state index contributed by atoms with van der Waals surface area (Å²) in [6, 6.07) is 5.16. The minimum absolute atomic E-state index is 0.0391. The Morgan fingerprint density at radius 2 is 1.87 bits per heavy atom. The summed E-state index contributed by atoms with van der Waals surface area (Å²) >= 11 is 0. The first-order valence-electron chi connectivity index (χ1n) is 12.8. The number of hydrogen-bond acceptors (Lipinski definition) is 6. The van der Waals surface area contributed by atoms with Crippen molar-refractivity contribution in [3.8, 4) is 17.2 Å². The molecule has 8 heteroatoms. The summed E-state index contributed by atoms with van der Waals surface area (Å²) in [7, 11) is 0. The van der Waals surface area contributed by atoms with Gasteiger partial charge in [0, 0.05) is 17.5 Å². The number of hydrogen-bond donors (Lipinski definition) is 4. The summed E-state index contributed by atoms with van der Waals surface area (Å²) in [5.74, 6) is -1.75. The highest BCUT2D eigenvalue weighted by Crippen LogP contribution is 2.47. The van der Waals surface area contributed by atoms with Crippen LogP contribution in [0.15, 0.2) is 47.6 Å². The van der Waals surface area contributed by atoms with Crippen LogP contribution in [-0.4, -0.2) is 44.0 Å². The molecule has 4 rings (SSSR count). The number of carbonyl (C=O) groups is 2. The highest BCUT2D eigenvalue weighted by Gasteiger charge is 2.44. The van der Waals surface area contributed by atoms with Gasteiger partial charge in [-0.25, -0.2) is 4.79 Å². The van der Waals surface area contributed by atoms with Gasteiger partial charge in [-0.1, -0.05) is 23.3 Å². The van der Waals surface area contributed by atoms with Gasteiger partial charge in [-0.05, 0) is 77.6 Å². The molecule has 2 atom stereocenters. The first kappa shape index (κ1) is 27.3. The number of aromatic hydroxyl groups is 2. The summed E-state index contributed by atoms with van der Waals surface area (Å²) in [4.78, 5) is 26.4. The second-order valence-electron chi connectivity index (χ2n) is 10.7. The molecule has 2 aliphatic rings. The van der Waals surface area contributed by atoms with Crippen LogP contribution < -0.4 is 9.64 Å². The number of anilines is 1. The van der Waals surface area contributed by atoms with Crippen molar-refractivity contribution in [1.82, 2.24) is 0 Å². The lowest BCUT2D eigenvalue weighted by molar-refractivity contribution is -0.0597. The smallest absolute Gasteiger partial charge is 0.337 e. The highest BCUT2D eigenvalue weighted by atomic mass is 16.5. The zero-order valence-electron chi connectivity index (χ0n) is 22.2. The van der Waals surface area contributed by atoms with E-state index in [0.717, 1.165) is 18.9 Å². The molecule has 0 saturated heterocycles. The number of carboxylic acid groups (broad SMARTS) is 1. The third-order valence-corrected chi connectivity index (χ3v) is 7.42. The third-order valence-electron chi connectivity index (χ3n) is 7.42. The predicted molar refractivity (Wildman–Crippen MR) is 144 cm³/mol. The van der Waals surface area contributed by atoms with E-state index in [9.17, 15) is 30.0 Å². The number of ether oxygens (including phenoxy) is 1. The van der Waals surface area contributed by atoms with E-state index >= 15 is 0 Å². The lowest BCUT2D eigenvalue weighted by Crippen LogP contribution is -2.49. The Balaban J connectivity index is 1.60. The van der Waals surface area contributed by atoms with E-state index in [2.05, 4.69) is 32.9 Å². The second kappa shape index (κ2) is 10.5. The van der Waals surface area contributed by atoms with Crippen molar-refractivity contribution in [2.45, 2.75) is 78.0 Å². The van der Waals surface area contributed by atoms with Crippen molar-refractivity contribution in [1.29, 1.82) is 0 Å². The Morgan fingerprint density at radius 1 is 1.13 bits per heavy atom. The average molecular weight is 522 g/mol. The molecule has 202 valence electrons. The van der Waals surface area contributed by atoms with Crippen molar-refractivity contribution < 1.29 is 34.8 Å². The van der Waals surface area contributed by atoms with E-state index in [1.165, 1.54) is 34.2 Å². The van der Waals surface area contributed by atoms with Crippen LogP contribution in [0.2, 0.25) is 0 Å². The molecular weight excluding hydrogens is 486 g/mol. The molecule has 0 aromatic heterocycles. The van der Waals surface area contributed by atoms with Gasteiger partial charge in [-0.3, -0.25) is 4.79 Å². The molecule has 2 aromatic rings. The predicted octanol–water partition coefficient (Wildman–Crippen LogP) is 5.48. The number of allylic oxidation sites excluding steroid dienone is 4. The molecule has 0 saturated carbocycles. The van der Waals surface area contributed by atoms with Gasteiger partial charge in [0.25, 0.3) is 5.91 Å². The van der Waals surface area contributed by atoms with Crippen molar-refractivity contribution in [2.24, 2.45) is 0 Å². The van der Waals surface area contributed by atoms with E-state index in [4.69, 9.17) is 4.74 Å². The number of phenolic OH excluding ortho intramolecular Hbond substituents is 2. The van der Waals surface area contributed by atoms with Crippen molar-refractivity contribution in [2.75, 3.05) is 4.90 Å². The third kappa shape index (κ3) is 5.27. The molecule has 0 bridgehead atoms. The van der Waals surface area contributed by atoms with E-state index in [-0.39, 0.29) is 41.3 Å². The maximum atomic E-state index is 13.3. The molecule has 38 heavy (non-hydrogen) atoms. The number of phenols is 2. The Labute approximate surface area is 222 Å². The molecule has 1 amide bonds. The van der Waals surface area contributed by atoms with Crippen molar-refractivity contribution in [3.05, 3.63) is 69.8 Å². The average Bonchev–Trinajstić information content (AvgIpc) is 3.16. The maximum Gasteiger partial charge on any atom is 0.337 e. The summed E-state index contributed by atoms with van der Waals surface area (Å²) < 4.78 is 6.40. The van der Waals surface area contributed by atoms with Crippen LogP contribution in [0.25, 0.3) is 0 Å². The fourth-order valence-corrected chi connectivity index (χ4v) is 5.12. The van der Waals surface area contributed by atoms with Crippen LogP contribution in [0.5, 0.6) is 17.2 Å². The summed E-state index contributed by atoms with van der Waals surface area (Å²) in [5.41, 5.74) is 2.74.